The highest BCUT2D eigenvalue weighted by Crippen LogP contribution is 2.34. The van der Waals surface area contributed by atoms with Crippen LogP contribution in [0.1, 0.15) is 16.7 Å². The fourth-order valence-corrected chi connectivity index (χ4v) is 7.35. The van der Waals surface area contributed by atoms with Crippen LogP contribution in [0.15, 0.2) is 100 Å². The van der Waals surface area contributed by atoms with Gasteiger partial charge in [0.2, 0.25) is 0 Å². The van der Waals surface area contributed by atoms with E-state index in [-0.39, 0.29) is 22.6 Å². The van der Waals surface area contributed by atoms with Gasteiger partial charge in [-0.05, 0) is 34.9 Å². The van der Waals surface area contributed by atoms with Crippen molar-refractivity contribution in [2.24, 2.45) is 0 Å². The summed E-state index contributed by atoms with van der Waals surface area (Å²) in [6.07, 6.45) is 2.98. The summed E-state index contributed by atoms with van der Waals surface area (Å²) in [5.41, 5.74) is 4.25. The lowest BCUT2D eigenvalue weighted by Crippen LogP contribution is -2.33. The van der Waals surface area contributed by atoms with E-state index in [4.69, 9.17) is 42.1 Å². The van der Waals surface area contributed by atoms with Gasteiger partial charge in [0.15, 0.2) is 24.2 Å². The summed E-state index contributed by atoms with van der Waals surface area (Å²) < 4.78 is 50.0. The predicted molar refractivity (Wildman–Crippen MR) is 216 cm³/mol. The average molecular weight is 899 g/mol. The van der Waals surface area contributed by atoms with Crippen molar-refractivity contribution in [3.63, 3.8) is 0 Å². The Bertz CT molecular complexity index is 2000. The van der Waals surface area contributed by atoms with E-state index in [0.29, 0.717) is 37.2 Å². The molecule has 2 aromatic heterocycles. The zero-order chi connectivity index (χ0) is 38.3. The van der Waals surface area contributed by atoms with Gasteiger partial charge in [-0.3, -0.25) is 4.90 Å². The second-order valence-electron chi connectivity index (χ2n) is 11.7. The van der Waals surface area contributed by atoms with Gasteiger partial charge in [0.05, 0.1) is 27.6 Å². The molecule has 0 aliphatic carbocycles. The van der Waals surface area contributed by atoms with Gasteiger partial charge in [-0.15, -0.1) is 0 Å². The molecule has 0 aliphatic heterocycles. The molecule has 0 fully saturated rings. The Morgan fingerprint density at radius 3 is 1.89 bits per heavy atom. The molecular formula is C39H42Br2Cl2F2N4O4. The molecule has 0 bridgehead atoms. The second-order valence-corrected chi connectivity index (χ2v) is 14.2. The van der Waals surface area contributed by atoms with E-state index in [0.717, 1.165) is 31.8 Å². The molecule has 0 atom stereocenters. The normalized spacial score (nSPS) is 11.3. The van der Waals surface area contributed by atoms with Crippen LogP contribution >= 0.6 is 55.1 Å². The van der Waals surface area contributed by atoms with Crippen LogP contribution in [0.4, 0.5) is 8.78 Å². The van der Waals surface area contributed by atoms with E-state index >= 15 is 0 Å². The standard InChI is InChI=1S/C20H21BrClFN2O2.C11H17NO2.C8H4BrClFN/c1-26-17(27-2)12-25(10-13-6-4-3-5-7-13)11-14-9-24-20-18(14)15(21)8-16(22)19(20)23;1-13-11(14-2)9-12-8-10-6-4-3-5-7-10;9-5-3-6(10)7(11)8-4(5)1-2-12-8/h3-9,17,24H,10-12H2,1-2H3;3-7,11-12H,8-9H2,1-2H3;1-3,12H. The first-order valence-corrected chi connectivity index (χ1v) is 18.8. The first-order valence-electron chi connectivity index (χ1n) is 16.5. The molecule has 0 spiro atoms. The number of aromatic nitrogens is 2. The fourth-order valence-electron chi connectivity index (χ4n) is 5.44. The van der Waals surface area contributed by atoms with Gasteiger partial charge in [0.25, 0.3) is 0 Å². The van der Waals surface area contributed by atoms with E-state index < -0.39 is 11.6 Å². The Balaban J connectivity index is 0.000000201. The maximum atomic E-state index is 14.4. The molecule has 0 radical (unpaired) electrons. The average Bonchev–Trinajstić information content (AvgIpc) is 3.84. The number of hydrogen-bond donors (Lipinski definition) is 3. The molecule has 0 aliphatic rings. The van der Waals surface area contributed by atoms with E-state index in [1.54, 1.807) is 52.8 Å². The minimum absolute atomic E-state index is 0.0859. The molecule has 4 aromatic carbocycles. The summed E-state index contributed by atoms with van der Waals surface area (Å²) in [6, 6.07) is 25.3. The lowest BCUT2D eigenvalue weighted by atomic mass is 10.1. The Morgan fingerprint density at radius 2 is 1.28 bits per heavy atom. The third-order valence-electron chi connectivity index (χ3n) is 8.15. The quantitative estimate of drug-likeness (QED) is 0.0746. The first kappa shape index (κ1) is 42.9. The third-order valence-corrected chi connectivity index (χ3v) is 9.99. The van der Waals surface area contributed by atoms with Gasteiger partial charge in [0.1, 0.15) is 0 Å². The summed E-state index contributed by atoms with van der Waals surface area (Å²) in [5, 5.41) is 5.06. The van der Waals surface area contributed by atoms with Crippen LogP contribution in [0.25, 0.3) is 21.8 Å². The van der Waals surface area contributed by atoms with Crippen LogP contribution < -0.4 is 5.32 Å². The number of methoxy groups -OCH3 is 4. The number of benzene rings is 4. The molecule has 8 nitrogen and oxygen atoms in total. The van der Waals surface area contributed by atoms with Gasteiger partial charge in [-0.2, -0.15) is 0 Å². The van der Waals surface area contributed by atoms with Crippen molar-refractivity contribution in [3.05, 3.63) is 139 Å². The number of ether oxygens (including phenoxy) is 4. The number of nitrogens with zero attached hydrogens (tertiary/aromatic N) is 1. The molecule has 284 valence electrons. The molecule has 3 N–H and O–H groups in total. The molecule has 0 saturated heterocycles. The van der Waals surface area contributed by atoms with Gasteiger partial charge < -0.3 is 34.2 Å². The van der Waals surface area contributed by atoms with Gasteiger partial charge in [0, 0.05) is 86.7 Å². The summed E-state index contributed by atoms with van der Waals surface area (Å²) in [4.78, 5) is 7.99. The molecule has 53 heavy (non-hydrogen) atoms. The Hall–Kier alpha value is -2.88. The van der Waals surface area contributed by atoms with E-state index in [2.05, 4.69) is 76.3 Å². The number of H-pyrrole nitrogens is 2. The van der Waals surface area contributed by atoms with Crippen molar-refractivity contribution in [2.75, 3.05) is 41.5 Å². The topological polar surface area (TPSA) is 83.8 Å². The van der Waals surface area contributed by atoms with Crippen LogP contribution in [-0.2, 0) is 38.6 Å². The van der Waals surface area contributed by atoms with E-state index in [1.165, 1.54) is 11.1 Å². The highest BCUT2D eigenvalue weighted by molar-refractivity contribution is 9.11. The Labute approximate surface area is 335 Å². The Morgan fingerprint density at radius 1 is 0.717 bits per heavy atom. The minimum Gasteiger partial charge on any atom is -0.359 e. The third kappa shape index (κ3) is 12.3. The van der Waals surface area contributed by atoms with Crippen molar-refractivity contribution in [1.29, 1.82) is 0 Å². The predicted octanol–water partition coefficient (Wildman–Crippen LogP) is 10.5. The number of halogens is 6. The fraction of sp³-hybridized carbons (Fsp3) is 0.282. The summed E-state index contributed by atoms with van der Waals surface area (Å²) in [5.74, 6) is -0.845. The maximum Gasteiger partial charge on any atom is 0.169 e. The highest BCUT2D eigenvalue weighted by Gasteiger charge is 2.19. The second kappa shape index (κ2) is 21.9. The SMILES string of the molecule is COC(CN(Cc1ccccc1)Cc1c[nH]c2c(F)c(Cl)cc(Br)c12)OC.COC(CNCc1ccccc1)OC.Fc1c(Cl)cc(Br)c2cc[nH]c12. The molecule has 0 saturated carbocycles. The van der Waals surface area contributed by atoms with Gasteiger partial charge in [-0.1, -0.05) is 116 Å². The van der Waals surface area contributed by atoms with Crippen LogP contribution in [-0.4, -0.2) is 69.0 Å². The van der Waals surface area contributed by atoms with Crippen LogP contribution in [0, 0.1) is 11.6 Å². The summed E-state index contributed by atoms with van der Waals surface area (Å²) in [7, 11) is 6.51. The van der Waals surface area contributed by atoms with E-state index in [1.807, 2.05) is 42.6 Å². The maximum absolute atomic E-state index is 14.4. The van der Waals surface area contributed by atoms with Crippen molar-refractivity contribution in [1.82, 2.24) is 20.2 Å². The van der Waals surface area contributed by atoms with Crippen molar-refractivity contribution in [2.45, 2.75) is 32.2 Å². The van der Waals surface area contributed by atoms with Crippen molar-refractivity contribution >= 4 is 76.9 Å². The lowest BCUT2D eigenvalue weighted by Gasteiger charge is -2.26. The zero-order valence-corrected chi connectivity index (χ0v) is 34.4. The van der Waals surface area contributed by atoms with Crippen LogP contribution in [0.3, 0.4) is 0 Å². The number of fused-ring (bicyclic) bond motifs is 2. The zero-order valence-electron chi connectivity index (χ0n) is 29.7. The van der Waals surface area contributed by atoms with Crippen molar-refractivity contribution < 1.29 is 27.7 Å². The van der Waals surface area contributed by atoms with Crippen LogP contribution in [0.5, 0.6) is 0 Å². The first-order chi connectivity index (χ1) is 25.6. The molecule has 0 amide bonds. The van der Waals surface area contributed by atoms with Gasteiger partial charge >= 0.3 is 0 Å². The lowest BCUT2D eigenvalue weighted by molar-refractivity contribution is -0.118. The van der Waals surface area contributed by atoms with Gasteiger partial charge in [-0.25, -0.2) is 8.78 Å². The number of nitrogens with one attached hydrogen (secondary N) is 3. The number of rotatable bonds is 14. The number of hydrogen-bond acceptors (Lipinski definition) is 6. The molecule has 2 heterocycles. The van der Waals surface area contributed by atoms with E-state index in [9.17, 15) is 8.78 Å². The largest absolute Gasteiger partial charge is 0.359 e. The Kier molecular flexibility index (Phi) is 17.7. The van der Waals surface area contributed by atoms with Crippen LogP contribution in [0.2, 0.25) is 10.0 Å². The molecule has 6 aromatic rings. The monoisotopic (exact) mass is 896 g/mol. The minimum atomic E-state index is -0.442. The summed E-state index contributed by atoms with van der Waals surface area (Å²) in [6.45, 7) is 3.41. The molecule has 0 unspecified atom stereocenters. The van der Waals surface area contributed by atoms with Crippen molar-refractivity contribution in [3.8, 4) is 0 Å². The molecule has 6 rings (SSSR count). The number of aromatic amines is 2. The molecular weight excluding hydrogens is 857 g/mol. The molecule has 14 heteroatoms. The highest BCUT2D eigenvalue weighted by atomic mass is 79.9. The smallest absolute Gasteiger partial charge is 0.169 e. The summed E-state index contributed by atoms with van der Waals surface area (Å²) >= 11 is 18.4.